The molecule has 2 N–H and O–H groups in total. The number of hydrogen-bond donors (Lipinski definition) is 1. The van der Waals surface area contributed by atoms with Gasteiger partial charge in [0.2, 0.25) is 0 Å². The molecule has 5 heteroatoms. The van der Waals surface area contributed by atoms with Gasteiger partial charge in [0, 0.05) is 13.7 Å². The van der Waals surface area contributed by atoms with Crippen molar-refractivity contribution in [1.29, 1.82) is 0 Å². The highest BCUT2D eigenvalue weighted by Gasteiger charge is 2.41. The Bertz CT molecular complexity index is 374. The van der Waals surface area contributed by atoms with Gasteiger partial charge in [0.05, 0.1) is 28.6 Å². The normalized spacial score (nSPS) is 20.9. The van der Waals surface area contributed by atoms with Gasteiger partial charge in [0.1, 0.15) is 0 Å². The molecule has 1 fully saturated rings. The standard InChI is InChI=1S/C13H22ClN3O/c1-3-18-13(7-5-4-6-8-13)12(15)11-10(14)9-16-17(11)2/h9,12H,3-8,15H2,1-2H3. The van der Waals surface area contributed by atoms with Crippen LogP contribution in [0.4, 0.5) is 0 Å². The maximum Gasteiger partial charge on any atom is 0.0889 e. The highest BCUT2D eigenvalue weighted by atomic mass is 35.5. The zero-order chi connectivity index (χ0) is 13.2. The highest BCUT2D eigenvalue weighted by molar-refractivity contribution is 6.31. The van der Waals surface area contributed by atoms with Gasteiger partial charge in [-0.1, -0.05) is 30.9 Å². The molecule has 1 aliphatic carbocycles. The van der Waals surface area contributed by atoms with E-state index in [0.29, 0.717) is 11.6 Å². The van der Waals surface area contributed by atoms with Gasteiger partial charge >= 0.3 is 0 Å². The molecule has 0 amide bonds. The summed E-state index contributed by atoms with van der Waals surface area (Å²) < 4.78 is 7.81. The lowest BCUT2D eigenvalue weighted by Gasteiger charge is -2.41. The fraction of sp³-hybridized carbons (Fsp3) is 0.769. The van der Waals surface area contributed by atoms with E-state index in [1.54, 1.807) is 10.9 Å². The molecule has 1 heterocycles. The summed E-state index contributed by atoms with van der Waals surface area (Å²) in [5, 5.41) is 4.81. The third-order valence-corrected chi connectivity index (χ3v) is 4.22. The van der Waals surface area contributed by atoms with Gasteiger partial charge in [-0.05, 0) is 19.8 Å². The Balaban J connectivity index is 2.30. The molecule has 2 rings (SSSR count). The van der Waals surface area contributed by atoms with Crippen LogP contribution in [0.1, 0.15) is 50.8 Å². The molecular weight excluding hydrogens is 250 g/mol. The minimum Gasteiger partial charge on any atom is -0.373 e. The molecule has 1 unspecified atom stereocenters. The number of aromatic nitrogens is 2. The van der Waals surface area contributed by atoms with E-state index in [1.807, 2.05) is 14.0 Å². The van der Waals surface area contributed by atoms with E-state index in [-0.39, 0.29) is 11.6 Å². The average molecular weight is 272 g/mol. The van der Waals surface area contributed by atoms with Crippen LogP contribution in [0, 0.1) is 0 Å². The molecule has 1 aliphatic rings. The van der Waals surface area contributed by atoms with Crippen LogP contribution in [0.5, 0.6) is 0 Å². The first-order valence-electron chi connectivity index (χ1n) is 6.67. The maximum atomic E-state index is 6.47. The van der Waals surface area contributed by atoms with Crippen LogP contribution in [0.3, 0.4) is 0 Å². The SMILES string of the molecule is CCOC1(C(N)c2c(Cl)cnn2C)CCCCC1. The Hall–Kier alpha value is -0.580. The summed E-state index contributed by atoms with van der Waals surface area (Å²) in [7, 11) is 1.88. The first-order chi connectivity index (χ1) is 8.60. The van der Waals surface area contributed by atoms with Gasteiger partial charge in [-0.2, -0.15) is 5.10 Å². The number of aryl methyl sites for hydroxylation is 1. The third-order valence-electron chi connectivity index (χ3n) is 3.93. The number of rotatable bonds is 4. The first-order valence-corrected chi connectivity index (χ1v) is 7.05. The summed E-state index contributed by atoms with van der Waals surface area (Å²) in [6.45, 7) is 2.71. The van der Waals surface area contributed by atoms with Crippen LogP contribution in [0.25, 0.3) is 0 Å². The Morgan fingerprint density at radius 3 is 2.67 bits per heavy atom. The maximum absolute atomic E-state index is 6.47. The predicted molar refractivity (Wildman–Crippen MR) is 72.6 cm³/mol. The van der Waals surface area contributed by atoms with E-state index in [4.69, 9.17) is 22.1 Å². The van der Waals surface area contributed by atoms with E-state index in [9.17, 15) is 0 Å². The van der Waals surface area contributed by atoms with E-state index < -0.39 is 0 Å². The summed E-state index contributed by atoms with van der Waals surface area (Å²) in [5.74, 6) is 0. The van der Waals surface area contributed by atoms with Crippen molar-refractivity contribution >= 4 is 11.6 Å². The Morgan fingerprint density at radius 1 is 1.50 bits per heavy atom. The first kappa shape index (κ1) is 13.8. The molecule has 0 radical (unpaired) electrons. The second kappa shape index (κ2) is 5.59. The summed E-state index contributed by atoms with van der Waals surface area (Å²) in [6, 6.07) is -0.210. The molecule has 4 nitrogen and oxygen atoms in total. The highest BCUT2D eigenvalue weighted by Crippen LogP contribution is 2.41. The largest absolute Gasteiger partial charge is 0.373 e. The summed E-state index contributed by atoms with van der Waals surface area (Å²) in [6.07, 6.45) is 7.26. The minimum absolute atomic E-state index is 0.210. The lowest BCUT2D eigenvalue weighted by molar-refractivity contribution is -0.0844. The topological polar surface area (TPSA) is 53.1 Å². The zero-order valence-electron chi connectivity index (χ0n) is 11.2. The van der Waals surface area contributed by atoms with Crippen molar-refractivity contribution in [1.82, 2.24) is 9.78 Å². The number of nitrogens with zero attached hydrogens (tertiary/aromatic N) is 2. The van der Waals surface area contributed by atoms with Crippen molar-refractivity contribution in [2.75, 3.05) is 6.61 Å². The lowest BCUT2D eigenvalue weighted by Crippen LogP contribution is -2.46. The second-order valence-corrected chi connectivity index (χ2v) is 5.44. The average Bonchev–Trinajstić information content (AvgIpc) is 2.70. The summed E-state index contributed by atoms with van der Waals surface area (Å²) >= 11 is 6.20. The zero-order valence-corrected chi connectivity index (χ0v) is 11.9. The number of ether oxygens (including phenoxy) is 1. The van der Waals surface area contributed by atoms with E-state index in [2.05, 4.69) is 5.10 Å². The van der Waals surface area contributed by atoms with Crippen LogP contribution in [0.15, 0.2) is 6.20 Å². The smallest absolute Gasteiger partial charge is 0.0889 e. The molecule has 0 bridgehead atoms. The van der Waals surface area contributed by atoms with E-state index in [1.165, 1.54) is 19.3 Å². The van der Waals surface area contributed by atoms with E-state index in [0.717, 1.165) is 18.5 Å². The van der Waals surface area contributed by atoms with Gasteiger partial charge in [-0.15, -0.1) is 0 Å². The third kappa shape index (κ3) is 2.42. The molecule has 102 valence electrons. The predicted octanol–water partition coefficient (Wildman–Crippen LogP) is 2.81. The number of nitrogens with two attached hydrogens (primary N) is 1. The van der Waals surface area contributed by atoms with Crippen LogP contribution >= 0.6 is 11.6 Å². The molecule has 1 aromatic heterocycles. The van der Waals surface area contributed by atoms with Crippen LogP contribution < -0.4 is 5.73 Å². The van der Waals surface area contributed by atoms with Crippen molar-refractivity contribution in [2.45, 2.75) is 50.7 Å². The van der Waals surface area contributed by atoms with Crippen molar-refractivity contribution in [3.8, 4) is 0 Å². The van der Waals surface area contributed by atoms with Gasteiger partial charge in [0.15, 0.2) is 0 Å². The van der Waals surface area contributed by atoms with Gasteiger partial charge < -0.3 is 10.5 Å². The van der Waals surface area contributed by atoms with Crippen molar-refractivity contribution < 1.29 is 4.74 Å². The molecule has 1 aromatic rings. The molecule has 0 aliphatic heterocycles. The van der Waals surface area contributed by atoms with Crippen molar-refractivity contribution in [3.05, 3.63) is 16.9 Å². The number of halogens is 1. The fourth-order valence-electron chi connectivity index (χ4n) is 3.00. The van der Waals surface area contributed by atoms with E-state index >= 15 is 0 Å². The van der Waals surface area contributed by atoms with Crippen molar-refractivity contribution in [3.63, 3.8) is 0 Å². The molecule has 0 spiro atoms. The molecule has 1 saturated carbocycles. The molecule has 0 aromatic carbocycles. The van der Waals surface area contributed by atoms with Gasteiger partial charge in [0.25, 0.3) is 0 Å². The molecular formula is C13H22ClN3O. The number of hydrogen-bond acceptors (Lipinski definition) is 3. The fourth-order valence-corrected chi connectivity index (χ4v) is 3.29. The Kier molecular flexibility index (Phi) is 4.30. The molecule has 18 heavy (non-hydrogen) atoms. The van der Waals surface area contributed by atoms with Crippen molar-refractivity contribution in [2.24, 2.45) is 12.8 Å². The quantitative estimate of drug-likeness (QED) is 0.916. The van der Waals surface area contributed by atoms with Crippen LogP contribution in [-0.2, 0) is 11.8 Å². The summed E-state index contributed by atoms with van der Waals surface area (Å²) in [5.41, 5.74) is 7.07. The Labute approximate surface area is 113 Å². The van der Waals surface area contributed by atoms with Gasteiger partial charge in [-0.3, -0.25) is 4.68 Å². The lowest BCUT2D eigenvalue weighted by atomic mass is 9.78. The second-order valence-electron chi connectivity index (χ2n) is 5.04. The van der Waals surface area contributed by atoms with Gasteiger partial charge in [-0.25, -0.2) is 0 Å². The van der Waals surface area contributed by atoms with Crippen LogP contribution in [-0.4, -0.2) is 22.0 Å². The summed E-state index contributed by atoms with van der Waals surface area (Å²) in [4.78, 5) is 0. The van der Waals surface area contributed by atoms with Crippen LogP contribution in [0.2, 0.25) is 5.02 Å². The monoisotopic (exact) mass is 271 g/mol. The minimum atomic E-state index is -0.273. The molecule has 1 atom stereocenters. The Morgan fingerprint density at radius 2 is 2.17 bits per heavy atom. The molecule has 0 saturated heterocycles.